The standard InChI is InChI=1S/C21H29N3O5S/c1-4-18(26)23-9-7-21(8-10-23)13-24(30(3,27)28)17(12-25)20-19(21)15-6-5-14(29-2)11-16(15)22-20/h5-6,11,17,22,25H,4,7-10,12-13H2,1-3H3/t17-/m0/s1. The number of ether oxygens (including phenoxy) is 1. The Kier molecular flexibility index (Phi) is 5.32. The third-order valence-corrected chi connectivity index (χ3v) is 7.91. The summed E-state index contributed by atoms with van der Waals surface area (Å²) in [6.07, 6.45) is 3.01. The Morgan fingerprint density at radius 2 is 2.03 bits per heavy atom. The maximum absolute atomic E-state index is 12.6. The van der Waals surface area contributed by atoms with Gasteiger partial charge in [-0.2, -0.15) is 4.31 Å². The number of sulfonamides is 1. The van der Waals surface area contributed by atoms with Crippen LogP contribution in [0.15, 0.2) is 18.2 Å². The first kappa shape index (κ1) is 21.1. The minimum atomic E-state index is -3.54. The maximum Gasteiger partial charge on any atom is 0.222 e. The van der Waals surface area contributed by atoms with Gasteiger partial charge in [-0.05, 0) is 30.5 Å². The van der Waals surface area contributed by atoms with Crippen molar-refractivity contribution in [2.75, 3.05) is 39.6 Å². The van der Waals surface area contributed by atoms with E-state index in [0.29, 0.717) is 44.6 Å². The molecule has 0 radical (unpaired) electrons. The van der Waals surface area contributed by atoms with Gasteiger partial charge in [-0.1, -0.05) is 6.92 Å². The van der Waals surface area contributed by atoms with E-state index in [1.54, 1.807) is 7.11 Å². The van der Waals surface area contributed by atoms with Gasteiger partial charge in [0, 0.05) is 54.1 Å². The second kappa shape index (κ2) is 7.55. The van der Waals surface area contributed by atoms with Crippen molar-refractivity contribution < 1.29 is 23.1 Å². The van der Waals surface area contributed by atoms with Gasteiger partial charge in [0.1, 0.15) is 5.75 Å². The number of benzene rings is 1. The third kappa shape index (κ3) is 3.29. The van der Waals surface area contributed by atoms with Crippen molar-refractivity contribution in [1.29, 1.82) is 0 Å². The Morgan fingerprint density at radius 3 is 2.60 bits per heavy atom. The number of aliphatic hydroxyl groups excluding tert-OH is 1. The molecule has 30 heavy (non-hydrogen) atoms. The Hall–Kier alpha value is -2.10. The fraction of sp³-hybridized carbons (Fsp3) is 0.571. The van der Waals surface area contributed by atoms with Crippen LogP contribution in [-0.2, 0) is 20.2 Å². The topological polar surface area (TPSA) is 103 Å². The van der Waals surface area contributed by atoms with E-state index in [-0.39, 0.29) is 12.5 Å². The number of aromatic amines is 1. The molecule has 2 aliphatic rings. The van der Waals surface area contributed by atoms with Crippen LogP contribution in [0.5, 0.6) is 5.75 Å². The number of H-pyrrole nitrogens is 1. The molecule has 3 heterocycles. The lowest BCUT2D eigenvalue weighted by molar-refractivity contribution is -0.132. The zero-order valence-corrected chi connectivity index (χ0v) is 18.5. The highest BCUT2D eigenvalue weighted by Crippen LogP contribution is 2.49. The van der Waals surface area contributed by atoms with Gasteiger partial charge in [0.25, 0.3) is 0 Å². The minimum Gasteiger partial charge on any atom is -0.497 e. The molecule has 0 unspecified atom stereocenters. The third-order valence-electron chi connectivity index (χ3n) is 6.68. The lowest BCUT2D eigenvalue weighted by Crippen LogP contribution is -2.55. The number of aromatic nitrogens is 1. The van der Waals surface area contributed by atoms with Gasteiger partial charge in [0.2, 0.25) is 15.9 Å². The number of likely N-dealkylation sites (tertiary alicyclic amines) is 1. The quantitative estimate of drug-likeness (QED) is 0.762. The fourth-order valence-electron chi connectivity index (χ4n) is 5.12. The summed E-state index contributed by atoms with van der Waals surface area (Å²) in [5, 5.41) is 11.1. The van der Waals surface area contributed by atoms with Crippen molar-refractivity contribution in [2.45, 2.75) is 37.6 Å². The van der Waals surface area contributed by atoms with Crippen LogP contribution >= 0.6 is 0 Å². The number of carbonyl (C=O) groups excluding carboxylic acids is 1. The highest BCUT2D eigenvalue weighted by molar-refractivity contribution is 7.88. The van der Waals surface area contributed by atoms with Crippen LogP contribution in [0.4, 0.5) is 0 Å². The first-order valence-electron chi connectivity index (χ1n) is 10.3. The summed E-state index contributed by atoms with van der Waals surface area (Å²) in [6, 6.07) is 5.14. The molecule has 4 rings (SSSR count). The highest BCUT2D eigenvalue weighted by Gasteiger charge is 2.50. The first-order chi connectivity index (χ1) is 14.2. The zero-order chi connectivity index (χ0) is 21.7. The summed E-state index contributed by atoms with van der Waals surface area (Å²) in [7, 11) is -1.94. The molecule has 1 amide bonds. The number of aliphatic hydroxyl groups is 1. The molecule has 0 aliphatic carbocycles. The summed E-state index contributed by atoms with van der Waals surface area (Å²) in [6.45, 7) is 3.04. The average Bonchev–Trinajstić information content (AvgIpc) is 3.12. The van der Waals surface area contributed by atoms with Crippen molar-refractivity contribution in [1.82, 2.24) is 14.2 Å². The van der Waals surface area contributed by atoms with Crippen LogP contribution in [0.3, 0.4) is 0 Å². The van der Waals surface area contributed by atoms with Crippen LogP contribution in [-0.4, -0.2) is 73.2 Å². The number of fused-ring (bicyclic) bond motifs is 4. The number of methoxy groups -OCH3 is 1. The van der Waals surface area contributed by atoms with E-state index in [9.17, 15) is 18.3 Å². The van der Waals surface area contributed by atoms with E-state index in [0.717, 1.165) is 22.2 Å². The molecular formula is C21H29N3O5S. The number of piperidine rings is 1. The molecule has 0 saturated carbocycles. The number of carbonyl (C=O) groups is 1. The number of hydrogen-bond donors (Lipinski definition) is 2. The average molecular weight is 436 g/mol. The summed E-state index contributed by atoms with van der Waals surface area (Å²) in [5.74, 6) is 0.830. The Balaban J connectivity index is 1.88. The number of amides is 1. The second-order valence-electron chi connectivity index (χ2n) is 8.35. The number of rotatable bonds is 4. The molecule has 0 bridgehead atoms. The molecule has 1 aromatic carbocycles. The molecule has 2 aromatic rings. The SMILES string of the molecule is CCC(=O)N1CCC2(CC1)CN(S(C)(=O)=O)[C@@H](CO)c1[nH]c3cc(OC)ccc3c12. The molecule has 2 N–H and O–H groups in total. The number of hydrogen-bond acceptors (Lipinski definition) is 5. The monoisotopic (exact) mass is 435 g/mol. The summed E-state index contributed by atoms with van der Waals surface area (Å²) >= 11 is 0. The number of nitrogens with one attached hydrogen (secondary N) is 1. The first-order valence-corrected chi connectivity index (χ1v) is 12.1. The van der Waals surface area contributed by atoms with Crippen molar-refractivity contribution in [2.24, 2.45) is 0 Å². The van der Waals surface area contributed by atoms with E-state index in [2.05, 4.69) is 4.98 Å². The van der Waals surface area contributed by atoms with Crippen molar-refractivity contribution in [3.63, 3.8) is 0 Å². The van der Waals surface area contributed by atoms with Gasteiger partial charge >= 0.3 is 0 Å². The van der Waals surface area contributed by atoms with E-state index < -0.39 is 21.5 Å². The molecule has 1 atom stereocenters. The van der Waals surface area contributed by atoms with Crippen LogP contribution in [0.1, 0.15) is 43.5 Å². The largest absolute Gasteiger partial charge is 0.497 e. The molecule has 1 aromatic heterocycles. The normalized spacial score (nSPS) is 21.7. The van der Waals surface area contributed by atoms with Gasteiger partial charge in [-0.15, -0.1) is 0 Å². The second-order valence-corrected chi connectivity index (χ2v) is 10.3. The Bertz CT molecular complexity index is 1070. The van der Waals surface area contributed by atoms with Gasteiger partial charge in [0.05, 0.1) is 26.0 Å². The Labute approximate surface area is 176 Å². The summed E-state index contributed by atoms with van der Waals surface area (Å²) < 4.78 is 32.1. The highest BCUT2D eigenvalue weighted by atomic mass is 32.2. The fourth-order valence-corrected chi connectivity index (χ4v) is 6.24. The van der Waals surface area contributed by atoms with Crippen LogP contribution < -0.4 is 4.74 Å². The molecule has 9 heteroatoms. The zero-order valence-electron chi connectivity index (χ0n) is 17.6. The predicted molar refractivity (Wildman–Crippen MR) is 114 cm³/mol. The van der Waals surface area contributed by atoms with Crippen LogP contribution in [0.25, 0.3) is 10.9 Å². The van der Waals surface area contributed by atoms with Gasteiger partial charge in [-0.3, -0.25) is 4.79 Å². The van der Waals surface area contributed by atoms with E-state index in [4.69, 9.17) is 4.74 Å². The molecule has 1 spiro atoms. The van der Waals surface area contributed by atoms with E-state index in [1.165, 1.54) is 10.6 Å². The molecule has 164 valence electrons. The molecule has 8 nitrogen and oxygen atoms in total. The molecular weight excluding hydrogens is 406 g/mol. The van der Waals surface area contributed by atoms with Crippen molar-refractivity contribution in [3.8, 4) is 5.75 Å². The molecule has 1 saturated heterocycles. The smallest absolute Gasteiger partial charge is 0.222 e. The minimum absolute atomic E-state index is 0.123. The van der Waals surface area contributed by atoms with Gasteiger partial charge in [-0.25, -0.2) is 8.42 Å². The van der Waals surface area contributed by atoms with Gasteiger partial charge < -0.3 is 19.7 Å². The Morgan fingerprint density at radius 1 is 1.33 bits per heavy atom. The lowest BCUT2D eigenvalue weighted by atomic mass is 9.69. The van der Waals surface area contributed by atoms with Gasteiger partial charge in [0.15, 0.2) is 0 Å². The predicted octanol–water partition coefficient (Wildman–Crippen LogP) is 1.76. The van der Waals surface area contributed by atoms with E-state index >= 15 is 0 Å². The maximum atomic E-state index is 12.6. The lowest BCUT2D eigenvalue weighted by Gasteiger charge is -2.49. The van der Waals surface area contributed by atoms with E-state index in [1.807, 2.05) is 30.0 Å². The molecule has 2 aliphatic heterocycles. The summed E-state index contributed by atoms with van der Waals surface area (Å²) in [4.78, 5) is 17.5. The number of nitrogens with zero attached hydrogens (tertiary/aromatic N) is 2. The van der Waals surface area contributed by atoms with Crippen molar-refractivity contribution >= 4 is 26.8 Å². The van der Waals surface area contributed by atoms with Crippen LogP contribution in [0, 0.1) is 0 Å². The van der Waals surface area contributed by atoms with Crippen LogP contribution in [0.2, 0.25) is 0 Å². The summed E-state index contributed by atoms with van der Waals surface area (Å²) in [5.41, 5.74) is 2.26. The van der Waals surface area contributed by atoms with Crippen molar-refractivity contribution in [3.05, 3.63) is 29.5 Å². The molecule has 1 fully saturated rings.